The Hall–Kier alpha value is -1.10. The van der Waals surface area contributed by atoms with Crippen molar-refractivity contribution >= 4 is 85.0 Å². The van der Waals surface area contributed by atoms with E-state index in [2.05, 4.69) is 74.2 Å². The Kier molecular flexibility index (Phi) is 8.54. The maximum Gasteiger partial charge on any atom is 0.211 e. The first-order valence-corrected chi connectivity index (χ1v) is 16.3. The summed E-state index contributed by atoms with van der Waals surface area (Å²) in [6.45, 7) is 8.10. The van der Waals surface area contributed by atoms with Crippen molar-refractivity contribution in [1.82, 2.24) is 33.5 Å². The zero-order valence-electron chi connectivity index (χ0n) is 21.6. The molecule has 1 aliphatic carbocycles. The smallest absolute Gasteiger partial charge is 0.211 e. The van der Waals surface area contributed by atoms with Crippen molar-refractivity contribution in [2.75, 3.05) is 18.0 Å². The highest BCUT2D eigenvalue weighted by molar-refractivity contribution is 14.1. The van der Waals surface area contributed by atoms with Gasteiger partial charge in [0, 0.05) is 56.3 Å². The molecule has 38 heavy (non-hydrogen) atoms. The molecule has 2 fully saturated rings. The fraction of sp³-hybridized carbons (Fsp3) is 0.520. The molecule has 2 atom stereocenters. The van der Waals surface area contributed by atoms with E-state index in [1.807, 2.05) is 39.4 Å². The van der Waals surface area contributed by atoms with E-state index < -0.39 is 11.0 Å². The summed E-state index contributed by atoms with van der Waals surface area (Å²) < 4.78 is 21.8. The molecule has 6 rings (SSSR count). The predicted molar refractivity (Wildman–Crippen MR) is 169 cm³/mol. The lowest BCUT2D eigenvalue weighted by molar-refractivity contribution is 0.187. The number of aromatic nitrogens is 6. The second-order valence-electron chi connectivity index (χ2n) is 10.8. The number of piperidine rings is 1. The second kappa shape index (κ2) is 11.4. The van der Waals surface area contributed by atoms with Crippen LogP contribution < -0.4 is 9.62 Å². The van der Waals surface area contributed by atoms with Gasteiger partial charge in [-0.15, -0.1) is 0 Å². The molecule has 1 spiro atoms. The molecule has 0 radical (unpaired) electrons. The normalized spacial score (nSPS) is 20.2. The molecule has 5 heterocycles. The monoisotopic (exact) mass is 780 g/mol. The van der Waals surface area contributed by atoms with Gasteiger partial charge in [-0.3, -0.25) is 8.80 Å². The number of fused-ring (bicyclic) bond motifs is 2. The molecular formula is C25H31ClI2N8OS. The molecule has 1 saturated heterocycles. The molecule has 2 aliphatic rings. The lowest BCUT2D eigenvalue weighted by Gasteiger charge is -2.44. The molecule has 1 N–H and O–H groups in total. The van der Waals surface area contributed by atoms with Crippen molar-refractivity contribution in [3.63, 3.8) is 0 Å². The van der Waals surface area contributed by atoms with Gasteiger partial charge in [0.2, 0.25) is 11.2 Å². The Morgan fingerprint density at radius 2 is 1.58 bits per heavy atom. The van der Waals surface area contributed by atoms with Gasteiger partial charge in [-0.1, -0.05) is 6.42 Å². The highest BCUT2D eigenvalue weighted by atomic mass is 127. The van der Waals surface area contributed by atoms with E-state index in [1.165, 1.54) is 12.8 Å². The third-order valence-electron chi connectivity index (χ3n) is 7.45. The van der Waals surface area contributed by atoms with E-state index in [1.54, 1.807) is 23.0 Å². The zero-order valence-corrected chi connectivity index (χ0v) is 27.5. The average Bonchev–Trinajstić information content (AvgIpc) is 3.64. The molecule has 4 aromatic rings. The van der Waals surface area contributed by atoms with E-state index in [4.69, 9.17) is 16.6 Å². The predicted octanol–water partition coefficient (Wildman–Crippen LogP) is 5.51. The van der Waals surface area contributed by atoms with E-state index in [0.29, 0.717) is 11.3 Å². The molecular weight excluding hydrogens is 750 g/mol. The third kappa shape index (κ3) is 5.70. The largest absolute Gasteiger partial charge is 0.342 e. The topological polar surface area (TPSA) is 92.7 Å². The molecule has 1 saturated carbocycles. The van der Waals surface area contributed by atoms with Crippen molar-refractivity contribution in [3.8, 4) is 0 Å². The van der Waals surface area contributed by atoms with Crippen LogP contribution >= 0.6 is 56.8 Å². The van der Waals surface area contributed by atoms with Crippen LogP contribution in [0.3, 0.4) is 0 Å². The van der Waals surface area contributed by atoms with Crippen molar-refractivity contribution in [3.05, 3.63) is 49.6 Å². The SMILES string of the molecule is CC(C)(C)[S@@](=O)N[C@@H]1CCCC12CCN(c1ncc(I)c3nccn13)CC2.Clc1ncc(I)c2nccn12. The highest BCUT2D eigenvalue weighted by Crippen LogP contribution is 2.47. The van der Waals surface area contributed by atoms with Crippen molar-refractivity contribution in [2.45, 2.75) is 63.7 Å². The number of imidazole rings is 2. The van der Waals surface area contributed by atoms with Gasteiger partial charge >= 0.3 is 0 Å². The average molecular weight is 781 g/mol. The summed E-state index contributed by atoms with van der Waals surface area (Å²) in [6.07, 6.45) is 16.8. The maximum atomic E-state index is 12.6. The zero-order chi connectivity index (χ0) is 27.1. The summed E-state index contributed by atoms with van der Waals surface area (Å²) >= 11 is 10.2. The Balaban J connectivity index is 0.000000222. The van der Waals surface area contributed by atoms with Crippen LogP contribution in [0.5, 0.6) is 0 Å². The molecule has 13 heteroatoms. The Morgan fingerprint density at radius 3 is 2.21 bits per heavy atom. The fourth-order valence-corrected chi connectivity index (χ4v) is 7.59. The summed E-state index contributed by atoms with van der Waals surface area (Å²) in [5, 5.41) is 0.443. The fourth-order valence-electron chi connectivity index (χ4n) is 5.35. The molecule has 0 bridgehead atoms. The van der Waals surface area contributed by atoms with Gasteiger partial charge < -0.3 is 4.90 Å². The minimum absolute atomic E-state index is 0.220. The first-order valence-electron chi connectivity index (χ1n) is 12.6. The lowest BCUT2D eigenvalue weighted by atomic mass is 9.74. The van der Waals surface area contributed by atoms with Crippen molar-refractivity contribution < 1.29 is 4.21 Å². The quantitative estimate of drug-likeness (QED) is 0.218. The van der Waals surface area contributed by atoms with Crippen LogP contribution in [0, 0.1) is 12.6 Å². The number of hydrogen-bond donors (Lipinski definition) is 1. The molecule has 204 valence electrons. The summed E-state index contributed by atoms with van der Waals surface area (Å²) in [5.41, 5.74) is 2.10. The minimum Gasteiger partial charge on any atom is -0.342 e. The van der Waals surface area contributed by atoms with Crippen LogP contribution in [-0.4, -0.2) is 56.8 Å². The van der Waals surface area contributed by atoms with Crippen LogP contribution in [0.4, 0.5) is 5.95 Å². The number of nitrogens with zero attached hydrogens (tertiary/aromatic N) is 7. The Morgan fingerprint density at radius 1 is 0.974 bits per heavy atom. The summed E-state index contributed by atoms with van der Waals surface area (Å²) in [7, 11) is -1.00. The van der Waals surface area contributed by atoms with Crippen molar-refractivity contribution in [2.24, 2.45) is 5.41 Å². The lowest BCUT2D eigenvalue weighted by Crippen LogP contribution is -2.51. The van der Waals surface area contributed by atoms with Crippen LogP contribution in [0.15, 0.2) is 37.2 Å². The van der Waals surface area contributed by atoms with Gasteiger partial charge in [0.1, 0.15) is 0 Å². The standard InChI is InChI=1S/C19H28IN5OS.C6H3ClIN3/c1-18(2,3)27(26)23-15-5-4-6-19(15)7-10-24(11-8-19)17-22-13-14(20)16-21-9-12-25(16)17;7-6-10-3-4(8)5-9-1-2-11(5)6/h9,12-13,15,23H,4-8,10-11H2,1-3H3;1-3H/t15-,27-;/m1./s1. The number of halogens is 3. The van der Waals surface area contributed by atoms with E-state index in [9.17, 15) is 4.21 Å². The number of anilines is 1. The highest BCUT2D eigenvalue weighted by Gasteiger charge is 2.46. The van der Waals surface area contributed by atoms with Gasteiger partial charge in [0.25, 0.3) is 0 Å². The first-order chi connectivity index (χ1) is 18.1. The summed E-state index contributed by atoms with van der Waals surface area (Å²) in [4.78, 5) is 19.6. The summed E-state index contributed by atoms with van der Waals surface area (Å²) in [5.74, 6) is 0.985. The number of hydrogen-bond acceptors (Lipinski definition) is 6. The van der Waals surface area contributed by atoms with E-state index in [-0.39, 0.29) is 10.2 Å². The van der Waals surface area contributed by atoms with E-state index in [0.717, 1.165) is 56.7 Å². The van der Waals surface area contributed by atoms with Crippen molar-refractivity contribution in [1.29, 1.82) is 0 Å². The van der Waals surface area contributed by atoms with E-state index >= 15 is 0 Å². The number of nitrogens with one attached hydrogen (secondary N) is 1. The van der Waals surface area contributed by atoms with Gasteiger partial charge in [-0.25, -0.2) is 28.9 Å². The van der Waals surface area contributed by atoms with Gasteiger partial charge in [-0.2, -0.15) is 0 Å². The molecule has 9 nitrogen and oxygen atoms in total. The minimum atomic E-state index is -1.00. The third-order valence-corrected chi connectivity index (χ3v) is 10.9. The Bertz CT molecular complexity index is 1420. The molecule has 0 aromatic carbocycles. The number of rotatable bonds is 3. The van der Waals surface area contributed by atoms with Crippen LogP contribution in [0.25, 0.3) is 11.3 Å². The first kappa shape index (κ1) is 28.4. The second-order valence-corrected chi connectivity index (χ2v) is 15.5. The molecule has 0 unspecified atom stereocenters. The maximum absolute atomic E-state index is 12.6. The molecule has 0 amide bonds. The Labute approximate surface area is 257 Å². The van der Waals surface area contributed by atoms with Gasteiger partial charge in [-0.05, 0) is 109 Å². The molecule has 4 aromatic heterocycles. The van der Waals surface area contributed by atoms with Crippen LogP contribution in [0.2, 0.25) is 5.28 Å². The van der Waals surface area contributed by atoms with Crippen LogP contribution in [-0.2, 0) is 11.0 Å². The molecule has 1 aliphatic heterocycles. The van der Waals surface area contributed by atoms with Gasteiger partial charge in [0.05, 0.1) is 22.9 Å². The van der Waals surface area contributed by atoms with Gasteiger partial charge in [0.15, 0.2) is 11.3 Å². The summed E-state index contributed by atoms with van der Waals surface area (Å²) in [6, 6.07) is 0.359. The van der Waals surface area contributed by atoms with Crippen LogP contribution in [0.1, 0.15) is 52.9 Å².